The van der Waals surface area contributed by atoms with Gasteiger partial charge in [-0.1, -0.05) is 30.3 Å². The summed E-state index contributed by atoms with van der Waals surface area (Å²) in [5, 5.41) is 18.7. The Kier molecular flexibility index (Phi) is 7.61. The van der Waals surface area contributed by atoms with Crippen molar-refractivity contribution in [3.63, 3.8) is 0 Å². The molecule has 6 heteroatoms. The minimum Gasteiger partial charge on any atom is -0.481 e. The number of carbonyl (C=O) groups excluding carboxylic acids is 1. The molecular formula is C19H26O6. The van der Waals surface area contributed by atoms with Crippen molar-refractivity contribution >= 4 is 17.9 Å². The number of ether oxygens (including phenoxy) is 1. The Morgan fingerprint density at radius 3 is 1.96 bits per heavy atom. The van der Waals surface area contributed by atoms with Crippen molar-refractivity contribution in [3.05, 3.63) is 35.9 Å². The van der Waals surface area contributed by atoms with E-state index < -0.39 is 35.3 Å². The predicted molar refractivity (Wildman–Crippen MR) is 92.1 cm³/mol. The maximum Gasteiger partial charge on any atom is 0.307 e. The Morgan fingerprint density at radius 1 is 0.960 bits per heavy atom. The maximum atomic E-state index is 11.8. The van der Waals surface area contributed by atoms with Gasteiger partial charge in [-0.2, -0.15) is 0 Å². The molecule has 0 spiro atoms. The average molecular weight is 350 g/mol. The van der Waals surface area contributed by atoms with Crippen molar-refractivity contribution in [1.29, 1.82) is 0 Å². The van der Waals surface area contributed by atoms with E-state index in [0.29, 0.717) is 6.42 Å². The summed E-state index contributed by atoms with van der Waals surface area (Å²) in [4.78, 5) is 34.7. The van der Waals surface area contributed by atoms with E-state index in [0.717, 1.165) is 5.56 Å². The Labute approximate surface area is 147 Å². The molecule has 0 heterocycles. The van der Waals surface area contributed by atoms with Gasteiger partial charge in [-0.15, -0.1) is 0 Å². The Bertz CT molecular complexity index is 588. The molecule has 0 aromatic heterocycles. The lowest BCUT2D eigenvalue weighted by atomic mass is 9.89. The van der Waals surface area contributed by atoms with Crippen LogP contribution in [0.25, 0.3) is 0 Å². The molecule has 0 unspecified atom stereocenters. The standard InChI is InChI=1S/C19H26O6/c1-19(2,3)25-16(20)12-15(18(23)24)10-9-14(17(21)22)11-13-7-5-4-6-8-13/h4-8,14-15H,9-12H2,1-3H3,(H,21,22)(H,23,24)/t14-,15-/m1/s1. The maximum absolute atomic E-state index is 11.8. The lowest BCUT2D eigenvalue weighted by Crippen LogP contribution is -2.28. The second kappa shape index (κ2) is 9.20. The lowest BCUT2D eigenvalue weighted by molar-refractivity contribution is -0.160. The molecule has 0 amide bonds. The van der Waals surface area contributed by atoms with Crippen LogP contribution in [-0.4, -0.2) is 33.7 Å². The third kappa shape index (κ3) is 8.33. The number of carboxylic acids is 2. The molecule has 25 heavy (non-hydrogen) atoms. The fourth-order valence-electron chi connectivity index (χ4n) is 2.51. The van der Waals surface area contributed by atoms with Crippen molar-refractivity contribution in [1.82, 2.24) is 0 Å². The summed E-state index contributed by atoms with van der Waals surface area (Å²) < 4.78 is 5.15. The second-order valence-corrected chi connectivity index (χ2v) is 7.13. The molecule has 1 aromatic rings. The summed E-state index contributed by atoms with van der Waals surface area (Å²) in [7, 11) is 0. The van der Waals surface area contributed by atoms with Crippen LogP contribution in [0.2, 0.25) is 0 Å². The van der Waals surface area contributed by atoms with Crippen molar-refractivity contribution < 1.29 is 29.3 Å². The van der Waals surface area contributed by atoms with E-state index in [9.17, 15) is 24.6 Å². The first-order valence-corrected chi connectivity index (χ1v) is 8.30. The zero-order chi connectivity index (χ0) is 19.0. The fourth-order valence-corrected chi connectivity index (χ4v) is 2.51. The van der Waals surface area contributed by atoms with E-state index in [1.165, 1.54) is 0 Å². The van der Waals surface area contributed by atoms with Gasteiger partial charge in [0, 0.05) is 0 Å². The summed E-state index contributed by atoms with van der Waals surface area (Å²) in [6, 6.07) is 9.19. The first-order valence-electron chi connectivity index (χ1n) is 8.30. The SMILES string of the molecule is CC(C)(C)OC(=O)C[C@@H](CC[C@H](Cc1ccccc1)C(=O)O)C(=O)O. The molecule has 2 atom stereocenters. The predicted octanol–water partition coefficient (Wildman–Crippen LogP) is 3.14. The van der Waals surface area contributed by atoms with E-state index in [-0.39, 0.29) is 19.3 Å². The molecule has 0 radical (unpaired) electrons. The quantitative estimate of drug-likeness (QED) is 0.664. The molecule has 0 fully saturated rings. The van der Waals surface area contributed by atoms with Crippen molar-refractivity contribution in [2.24, 2.45) is 11.8 Å². The highest BCUT2D eigenvalue weighted by atomic mass is 16.6. The van der Waals surface area contributed by atoms with Gasteiger partial charge < -0.3 is 14.9 Å². The first-order chi connectivity index (χ1) is 11.6. The van der Waals surface area contributed by atoms with Crippen LogP contribution in [0.15, 0.2) is 30.3 Å². The van der Waals surface area contributed by atoms with Crippen molar-refractivity contribution in [3.8, 4) is 0 Å². The Morgan fingerprint density at radius 2 is 1.48 bits per heavy atom. The number of carboxylic acid groups (broad SMARTS) is 2. The third-order valence-corrected chi connectivity index (χ3v) is 3.72. The molecule has 0 aliphatic rings. The molecule has 2 N–H and O–H groups in total. The summed E-state index contributed by atoms with van der Waals surface area (Å²) in [5.41, 5.74) is 0.200. The molecule has 1 aromatic carbocycles. The first kappa shape index (κ1) is 20.7. The van der Waals surface area contributed by atoms with Crippen LogP contribution < -0.4 is 0 Å². The van der Waals surface area contributed by atoms with Gasteiger partial charge in [0.25, 0.3) is 0 Å². The van der Waals surface area contributed by atoms with Crippen LogP contribution in [0.3, 0.4) is 0 Å². The highest BCUT2D eigenvalue weighted by Crippen LogP contribution is 2.22. The third-order valence-electron chi connectivity index (χ3n) is 3.72. The minimum absolute atomic E-state index is 0.110. The van der Waals surface area contributed by atoms with Gasteiger partial charge in [0.05, 0.1) is 18.3 Å². The van der Waals surface area contributed by atoms with Gasteiger partial charge >= 0.3 is 17.9 Å². The molecular weight excluding hydrogens is 324 g/mol. The lowest BCUT2D eigenvalue weighted by Gasteiger charge is -2.21. The molecule has 0 aliphatic carbocycles. The zero-order valence-corrected chi connectivity index (χ0v) is 14.9. The Balaban J connectivity index is 2.65. The van der Waals surface area contributed by atoms with E-state index in [2.05, 4.69) is 0 Å². The van der Waals surface area contributed by atoms with Crippen LogP contribution in [0.5, 0.6) is 0 Å². The number of benzene rings is 1. The second-order valence-electron chi connectivity index (χ2n) is 7.13. The summed E-state index contributed by atoms with van der Waals surface area (Å²) >= 11 is 0. The average Bonchev–Trinajstić information content (AvgIpc) is 2.48. The smallest absolute Gasteiger partial charge is 0.307 e. The molecule has 138 valence electrons. The van der Waals surface area contributed by atoms with Crippen LogP contribution in [-0.2, 0) is 25.5 Å². The fraction of sp³-hybridized carbons (Fsp3) is 0.526. The van der Waals surface area contributed by atoms with Gasteiger partial charge in [0.15, 0.2) is 0 Å². The molecule has 0 saturated carbocycles. The number of esters is 1. The van der Waals surface area contributed by atoms with Crippen LogP contribution in [0.4, 0.5) is 0 Å². The number of hydrogen-bond donors (Lipinski definition) is 2. The van der Waals surface area contributed by atoms with Gasteiger partial charge in [0.1, 0.15) is 5.60 Å². The zero-order valence-electron chi connectivity index (χ0n) is 14.9. The van der Waals surface area contributed by atoms with Gasteiger partial charge in [-0.05, 0) is 45.6 Å². The summed E-state index contributed by atoms with van der Waals surface area (Å²) in [6.45, 7) is 5.13. The summed E-state index contributed by atoms with van der Waals surface area (Å²) in [5.74, 6) is -4.31. The normalized spacial score (nSPS) is 13.7. The summed E-state index contributed by atoms with van der Waals surface area (Å²) in [6.07, 6.45) is 0.363. The number of carbonyl (C=O) groups is 3. The number of rotatable bonds is 9. The largest absolute Gasteiger partial charge is 0.481 e. The van der Waals surface area contributed by atoms with Gasteiger partial charge in [0.2, 0.25) is 0 Å². The Hall–Kier alpha value is -2.37. The number of hydrogen-bond acceptors (Lipinski definition) is 4. The topological polar surface area (TPSA) is 101 Å². The molecule has 1 rings (SSSR count). The highest BCUT2D eigenvalue weighted by molar-refractivity contribution is 5.79. The van der Waals surface area contributed by atoms with Gasteiger partial charge in [-0.25, -0.2) is 0 Å². The van der Waals surface area contributed by atoms with Crippen molar-refractivity contribution in [2.75, 3.05) is 0 Å². The van der Waals surface area contributed by atoms with Crippen LogP contribution in [0.1, 0.15) is 45.6 Å². The monoisotopic (exact) mass is 350 g/mol. The van der Waals surface area contributed by atoms with E-state index in [4.69, 9.17) is 4.74 Å². The van der Waals surface area contributed by atoms with Crippen molar-refractivity contribution in [2.45, 2.75) is 52.1 Å². The molecule has 0 aliphatic heterocycles. The molecule has 0 bridgehead atoms. The number of aliphatic carboxylic acids is 2. The van der Waals surface area contributed by atoms with Crippen LogP contribution >= 0.6 is 0 Å². The van der Waals surface area contributed by atoms with Crippen LogP contribution in [0, 0.1) is 11.8 Å². The van der Waals surface area contributed by atoms with E-state index >= 15 is 0 Å². The van der Waals surface area contributed by atoms with E-state index in [1.54, 1.807) is 20.8 Å². The molecule has 6 nitrogen and oxygen atoms in total. The highest BCUT2D eigenvalue weighted by Gasteiger charge is 2.27. The minimum atomic E-state index is -1.12. The van der Waals surface area contributed by atoms with E-state index in [1.807, 2.05) is 30.3 Å². The molecule has 0 saturated heterocycles. The van der Waals surface area contributed by atoms with Gasteiger partial charge in [-0.3, -0.25) is 14.4 Å².